The van der Waals surface area contributed by atoms with E-state index in [9.17, 15) is 15.0 Å². The monoisotopic (exact) mass is 270 g/mol. The summed E-state index contributed by atoms with van der Waals surface area (Å²) in [4.78, 5) is 10.4. The maximum atomic E-state index is 10.4. The summed E-state index contributed by atoms with van der Waals surface area (Å²) in [7, 11) is 0. The Morgan fingerprint density at radius 2 is 1.79 bits per heavy atom. The highest BCUT2D eigenvalue weighted by Gasteiger charge is 2.23. The van der Waals surface area contributed by atoms with Crippen LogP contribution in [0, 0.1) is 0 Å². The summed E-state index contributed by atoms with van der Waals surface area (Å²) in [6.45, 7) is 6.97. The molecule has 0 aliphatic carbocycles. The van der Waals surface area contributed by atoms with Crippen LogP contribution in [0.25, 0.3) is 0 Å². The molecular weight excluding hydrogens is 244 g/mol. The minimum absolute atomic E-state index is 0.524. The average molecular weight is 270 g/mol. The number of hydrogen-bond acceptors (Lipinski definition) is 3. The fourth-order valence-electron chi connectivity index (χ4n) is 1.65. The van der Waals surface area contributed by atoms with Crippen molar-refractivity contribution < 1.29 is 20.1 Å². The lowest BCUT2D eigenvalue weighted by atomic mass is 9.95. The van der Waals surface area contributed by atoms with Crippen LogP contribution in [0.4, 0.5) is 0 Å². The Kier molecular flexibility index (Phi) is 7.64. The number of carbonyl (C=O) groups is 1. The SMILES string of the molecule is C/C(=C\C(=O)O)CC/C=C(\C)CC[C@@H](O)C(C)(C)O. The zero-order chi connectivity index (χ0) is 15.1. The molecule has 0 aliphatic heterocycles. The Labute approximate surface area is 115 Å². The molecule has 4 nitrogen and oxygen atoms in total. The molecule has 110 valence electrons. The van der Waals surface area contributed by atoms with Crippen molar-refractivity contribution in [3.05, 3.63) is 23.3 Å². The number of aliphatic hydroxyl groups is 2. The molecule has 0 aromatic heterocycles. The second kappa shape index (κ2) is 8.12. The minimum Gasteiger partial charge on any atom is -0.478 e. The molecule has 0 aliphatic rings. The van der Waals surface area contributed by atoms with Gasteiger partial charge in [-0.25, -0.2) is 4.79 Å². The standard InChI is InChI=1S/C15H26O4/c1-11(8-9-13(16)15(3,4)19)6-5-7-12(2)10-14(17)18/h6,10,13,16,19H,5,7-9H2,1-4H3,(H,17,18)/b11-6+,12-10+/t13-/m1/s1. The fourth-order valence-corrected chi connectivity index (χ4v) is 1.65. The van der Waals surface area contributed by atoms with Gasteiger partial charge >= 0.3 is 5.97 Å². The van der Waals surface area contributed by atoms with E-state index in [2.05, 4.69) is 6.08 Å². The highest BCUT2D eigenvalue weighted by Crippen LogP contribution is 2.17. The predicted molar refractivity (Wildman–Crippen MR) is 75.9 cm³/mol. The minimum atomic E-state index is -1.07. The largest absolute Gasteiger partial charge is 0.478 e. The molecule has 0 unspecified atom stereocenters. The van der Waals surface area contributed by atoms with Crippen LogP contribution in [0.2, 0.25) is 0 Å². The van der Waals surface area contributed by atoms with E-state index in [1.54, 1.807) is 20.8 Å². The second-order valence-electron chi connectivity index (χ2n) is 5.63. The van der Waals surface area contributed by atoms with E-state index in [0.717, 1.165) is 30.4 Å². The highest BCUT2D eigenvalue weighted by molar-refractivity contribution is 5.80. The normalized spacial score (nSPS) is 15.5. The van der Waals surface area contributed by atoms with E-state index in [-0.39, 0.29) is 0 Å². The van der Waals surface area contributed by atoms with Crippen molar-refractivity contribution in [2.24, 2.45) is 0 Å². The number of hydrogen-bond donors (Lipinski definition) is 3. The molecule has 0 spiro atoms. The van der Waals surface area contributed by atoms with Crippen molar-refractivity contribution >= 4 is 5.97 Å². The number of allylic oxidation sites excluding steroid dienone is 3. The molecule has 0 radical (unpaired) electrons. The average Bonchev–Trinajstić information content (AvgIpc) is 2.23. The molecule has 3 N–H and O–H groups in total. The number of rotatable bonds is 8. The first kappa shape index (κ1) is 17.9. The van der Waals surface area contributed by atoms with Crippen LogP contribution in [0.1, 0.15) is 53.4 Å². The Morgan fingerprint density at radius 3 is 2.26 bits per heavy atom. The van der Waals surface area contributed by atoms with Crippen molar-refractivity contribution in [1.29, 1.82) is 0 Å². The van der Waals surface area contributed by atoms with Crippen LogP contribution < -0.4 is 0 Å². The Bertz CT molecular complexity index is 348. The first-order valence-electron chi connectivity index (χ1n) is 6.59. The number of carboxylic acids is 1. The van der Waals surface area contributed by atoms with Gasteiger partial charge in [0.05, 0.1) is 11.7 Å². The zero-order valence-corrected chi connectivity index (χ0v) is 12.3. The molecule has 4 heteroatoms. The zero-order valence-electron chi connectivity index (χ0n) is 12.3. The maximum Gasteiger partial charge on any atom is 0.328 e. The van der Waals surface area contributed by atoms with Crippen LogP contribution in [0.5, 0.6) is 0 Å². The summed E-state index contributed by atoms with van der Waals surface area (Å²) in [5.74, 6) is -0.911. The second-order valence-corrected chi connectivity index (χ2v) is 5.63. The van der Waals surface area contributed by atoms with E-state index in [1.807, 2.05) is 6.92 Å². The molecule has 0 rings (SSSR count). The number of aliphatic carboxylic acids is 1. The smallest absolute Gasteiger partial charge is 0.328 e. The molecule has 0 saturated carbocycles. The maximum absolute atomic E-state index is 10.4. The first-order chi connectivity index (χ1) is 8.62. The molecule has 0 amide bonds. The quantitative estimate of drug-likeness (QED) is 0.468. The Morgan fingerprint density at radius 1 is 1.21 bits per heavy atom. The third-order valence-electron chi connectivity index (χ3n) is 3.03. The van der Waals surface area contributed by atoms with Gasteiger partial charge in [-0.05, 0) is 53.4 Å². The van der Waals surface area contributed by atoms with Gasteiger partial charge in [-0.3, -0.25) is 0 Å². The molecule has 19 heavy (non-hydrogen) atoms. The van der Waals surface area contributed by atoms with E-state index in [0.29, 0.717) is 6.42 Å². The number of aliphatic hydroxyl groups excluding tert-OH is 1. The first-order valence-corrected chi connectivity index (χ1v) is 6.59. The van der Waals surface area contributed by atoms with E-state index >= 15 is 0 Å². The molecule has 0 aromatic rings. The summed E-state index contributed by atoms with van der Waals surface area (Å²) < 4.78 is 0. The van der Waals surface area contributed by atoms with E-state index in [4.69, 9.17) is 5.11 Å². The van der Waals surface area contributed by atoms with Gasteiger partial charge in [-0.1, -0.05) is 17.2 Å². The molecule has 0 bridgehead atoms. The molecular formula is C15H26O4. The lowest BCUT2D eigenvalue weighted by molar-refractivity contribution is -0.131. The van der Waals surface area contributed by atoms with Gasteiger partial charge in [0.1, 0.15) is 0 Å². The van der Waals surface area contributed by atoms with Crippen molar-refractivity contribution in [3.63, 3.8) is 0 Å². The lowest BCUT2D eigenvalue weighted by Gasteiger charge is -2.24. The third kappa shape index (κ3) is 9.45. The van der Waals surface area contributed by atoms with Crippen LogP contribution in [0.3, 0.4) is 0 Å². The summed E-state index contributed by atoms with van der Waals surface area (Å²) in [5.41, 5.74) is 0.917. The van der Waals surface area contributed by atoms with Crippen molar-refractivity contribution in [2.45, 2.75) is 65.1 Å². The highest BCUT2D eigenvalue weighted by atomic mass is 16.4. The van der Waals surface area contributed by atoms with E-state index in [1.165, 1.54) is 6.08 Å². The van der Waals surface area contributed by atoms with Crippen LogP contribution in [-0.2, 0) is 4.79 Å². The molecule has 0 saturated heterocycles. The third-order valence-corrected chi connectivity index (χ3v) is 3.03. The topological polar surface area (TPSA) is 77.8 Å². The van der Waals surface area contributed by atoms with Crippen LogP contribution >= 0.6 is 0 Å². The van der Waals surface area contributed by atoms with Gasteiger partial charge in [0, 0.05) is 6.08 Å². The number of carboxylic acid groups (broad SMARTS) is 1. The summed E-state index contributed by atoms with van der Waals surface area (Å²) in [5, 5.41) is 27.9. The van der Waals surface area contributed by atoms with Gasteiger partial charge in [0.15, 0.2) is 0 Å². The van der Waals surface area contributed by atoms with Gasteiger partial charge < -0.3 is 15.3 Å². The molecule has 1 atom stereocenters. The van der Waals surface area contributed by atoms with Crippen molar-refractivity contribution in [3.8, 4) is 0 Å². The van der Waals surface area contributed by atoms with Crippen LogP contribution in [-0.4, -0.2) is 33.0 Å². The van der Waals surface area contributed by atoms with Crippen molar-refractivity contribution in [1.82, 2.24) is 0 Å². The predicted octanol–water partition coefficient (Wildman–Crippen LogP) is 2.66. The van der Waals surface area contributed by atoms with Gasteiger partial charge in [-0.2, -0.15) is 0 Å². The summed E-state index contributed by atoms with van der Waals surface area (Å²) in [6.07, 6.45) is 5.31. The fraction of sp³-hybridized carbons (Fsp3) is 0.667. The van der Waals surface area contributed by atoms with Gasteiger partial charge in [0.2, 0.25) is 0 Å². The molecule has 0 aromatic carbocycles. The Balaban J connectivity index is 4.06. The molecule has 0 heterocycles. The molecule has 0 fully saturated rings. The Hall–Kier alpha value is -1.13. The van der Waals surface area contributed by atoms with E-state index < -0.39 is 17.7 Å². The lowest BCUT2D eigenvalue weighted by Crippen LogP contribution is -2.35. The summed E-state index contributed by atoms with van der Waals surface area (Å²) in [6, 6.07) is 0. The van der Waals surface area contributed by atoms with Gasteiger partial charge in [0.25, 0.3) is 0 Å². The van der Waals surface area contributed by atoms with Crippen LogP contribution in [0.15, 0.2) is 23.3 Å². The van der Waals surface area contributed by atoms with Gasteiger partial charge in [-0.15, -0.1) is 0 Å². The summed E-state index contributed by atoms with van der Waals surface area (Å²) >= 11 is 0. The van der Waals surface area contributed by atoms with Crippen molar-refractivity contribution in [2.75, 3.05) is 0 Å².